The summed E-state index contributed by atoms with van der Waals surface area (Å²) in [7, 11) is 1.81. The van der Waals surface area contributed by atoms with Gasteiger partial charge in [-0.15, -0.1) is 0 Å². The van der Waals surface area contributed by atoms with E-state index in [0.29, 0.717) is 19.3 Å². The Kier molecular flexibility index (Phi) is 2.44. The minimum Gasteiger partial charge on any atom is -0.277 e. The molecule has 0 unspecified atom stereocenters. The van der Waals surface area contributed by atoms with Crippen LogP contribution in [0.1, 0.15) is 18.4 Å². The molecule has 0 atom stereocenters. The highest BCUT2D eigenvalue weighted by Crippen LogP contribution is 2.48. The zero-order chi connectivity index (χ0) is 13.6. The number of hydrogen-bond donors (Lipinski definition) is 1. The summed E-state index contributed by atoms with van der Waals surface area (Å²) in [6.07, 6.45) is 5.15. The van der Waals surface area contributed by atoms with Crippen LogP contribution in [0.3, 0.4) is 0 Å². The number of nitrogens with zero attached hydrogens (tertiary/aromatic N) is 3. The van der Waals surface area contributed by atoms with Crippen molar-refractivity contribution in [2.45, 2.75) is 19.3 Å². The monoisotopic (exact) mass is 262 g/mol. The fourth-order valence-corrected chi connectivity index (χ4v) is 2.34. The predicted octanol–water partition coefficient (Wildman–Crippen LogP) is -0.179. The normalized spacial score (nSPS) is 20.9. The van der Waals surface area contributed by atoms with Crippen molar-refractivity contribution >= 4 is 17.8 Å². The number of barbiturate groups is 1. The molecule has 1 aromatic rings. The zero-order valence-corrected chi connectivity index (χ0v) is 10.5. The second-order valence-electron chi connectivity index (χ2n) is 5.07. The molecule has 7 heteroatoms. The molecule has 1 aliphatic heterocycles. The second kappa shape index (κ2) is 3.91. The molecule has 1 N–H and O–H groups in total. The predicted molar refractivity (Wildman–Crippen MR) is 63.8 cm³/mol. The first-order valence-electron chi connectivity index (χ1n) is 6.18. The van der Waals surface area contributed by atoms with E-state index < -0.39 is 17.4 Å². The van der Waals surface area contributed by atoms with Crippen LogP contribution >= 0.6 is 0 Å². The highest BCUT2D eigenvalue weighted by Gasteiger charge is 2.61. The molecule has 1 spiro atoms. The SMILES string of the molecule is Cn1cc(CCN2C(=O)NC(=O)C3(CC3)C2=O)cn1. The van der Waals surface area contributed by atoms with Gasteiger partial charge in [0.15, 0.2) is 0 Å². The molecule has 2 fully saturated rings. The van der Waals surface area contributed by atoms with E-state index in [2.05, 4.69) is 10.4 Å². The van der Waals surface area contributed by atoms with Gasteiger partial charge in [0.25, 0.3) is 0 Å². The Hall–Kier alpha value is -2.18. The first-order valence-corrected chi connectivity index (χ1v) is 6.18. The number of urea groups is 1. The van der Waals surface area contributed by atoms with E-state index >= 15 is 0 Å². The van der Waals surface area contributed by atoms with Gasteiger partial charge in [0.1, 0.15) is 5.41 Å². The molecule has 0 bridgehead atoms. The molecule has 2 heterocycles. The van der Waals surface area contributed by atoms with Crippen molar-refractivity contribution in [3.8, 4) is 0 Å². The molecule has 100 valence electrons. The zero-order valence-electron chi connectivity index (χ0n) is 10.5. The van der Waals surface area contributed by atoms with Crippen molar-refractivity contribution < 1.29 is 14.4 Å². The number of rotatable bonds is 3. The van der Waals surface area contributed by atoms with Crippen LogP contribution in [0.25, 0.3) is 0 Å². The van der Waals surface area contributed by atoms with E-state index in [-0.39, 0.29) is 12.5 Å². The van der Waals surface area contributed by atoms with Crippen LogP contribution in [0, 0.1) is 5.41 Å². The van der Waals surface area contributed by atoms with E-state index in [0.717, 1.165) is 10.5 Å². The summed E-state index contributed by atoms with van der Waals surface area (Å²) < 4.78 is 1.67. The van der Waals surface area contributed by atoms with Crippen molar-refractivity contribution in [3.05, 3.63) is 18.0 Å². The minimum absolute atomic E-state index is 0.269. The smallest absolute Gasteiger partial charge is 0.277 e. The fourth-order valence-electron chi connectivity index (χ4n) is 2.34. The number of imide groups is 2. The lowest BCUT2D eigenvalue weighted by molar-refractivity contribution is -0.144. The summed E-state index contributed by atoms with van der Waals surface area (Å²) in [6.45, 7) is 0.269. The molecule has 1 aliphatic carbocycles. The lowest BCUT2D eigenvalue weighted by Crippen LogP contribution is -2.59. The summed E-state index contributed by atoms with van der Waals surface area (Å²) in [4.78, 5) is 36.7. The largest absolute Gasteiger partial charge is 0.330 e. The van der Waals surface area contributed by atoms with E-state index in [9.17, 15) is 14.4 Å². The van der Waals surface area contributed by atoms with E-state index in [1.165, 1.54) is 0 Å². The van der Waals surface area contributed by atoms with Gasteiger partial charge in [-0.1, -0.05) is 0 Å². The molecule has 19 heavy (non-hydrogen) atoms. The number of aryl methyl sites for hydroxylation is 1. The summed E-state index contributed by atoms with van der Waals surface area (Å²) >= 11 is 0. The van der Waals surface area contributed by atoms with Gasteiger partial charge in [-0.3, -0.25) is 24.5 Å². The van der Waals surface area contributed by atoms with Gasteiger partial charge in [-0.25, -0.2) is 4.79 Å². The number of hydrogen-bond acceptors (Lipinski definition) is 4. The van der Waals surface area contributed by atoms with Crippen LogP contribution in [0.4, 0.5) is 4.79 Å². The lowest BCUT2D eigenvalue weighted by Gasteiger charge is -2.30. The molecule has 0 aromatic carbocycles. The third-order valence-corrected chi connectivity index (χ3v) is 3.69. The number of carbonyl (C=O) groups is 3. The van der Waals surface area contributed by atoms with Crippen molar-refractivity contribution in [1.29, 1.82) is 0 Å². The van der Waals surface area contributed by atoms with Crippen LogP contribution in [0.15, 0.2) is 12.4 Å². The Balaban J connectivity index is 1.71. The molecule has 1 saturated carbocycles. The fraction of sp³-hybridized carbons (Fsp3) is 0.500. The van der Waals surface area contributed by atoms with Crippen LogP contribution in [0.5, 0.6) is 0 Å². The first-order chi connectivity index (χ1) is 9.03. The molecular weight excluding hydrogens is 248 g/mol. The molecule has 1 aromatic heterocycles. The van der Waals surface area contributed by atoms with Crippen molar-refractivity contribution in [2.75, 3.05) is 6.54 Å². The molecule has 2 aliphatic rings. The Morgan fingerprint density at radius 3 is 2.68 bits per heavy atom. The van der Waals surface area contributed by atoms with Gasteiger partial charge < -0.3 is 0 Å². The first kappa shape index (κ1) is 11.9. The number of carbonyl (C=O) groups excluding carboxylic acids is 3. The average Bonchev–Trinajstić information content (AvgIpc) is 3.06. The summed E-state index contributed by atoms with van der Waals surface area (Å²) in [5, 5.41) is 6.29. The Morgan fingerprint density at radius 2 is 2.11 bits per heavy atom. The van der Waals surface area contributed by atoms with Crippen LogP contribution < -0.4 is 5.32 Å². The van der Waals surface area contributed by atoms with Crippen molar-refractivity contribution in [2.24, 2.45) is 12.5 Å². The number of aromatic nitrogens is 2. The molecule has 1 saturated heterocycles. The Bertz CT molecular complexity index is 573. The van der Waals surface area contributed by atoms with E-state index in [4.69, 9.17) is 0 Å². The standard InChI is InChI=1S/C12H14N4O3/c1-15-7-8(6-13-15)2-5-16-10(18)12(3-4-12)9(17)14-11(16)19/h6-7H,2-5H2,1H3,(H,14,17,19). The molecule has 7 nitrogen and oxygen atoms in total. The maximum Gasteiger partial charge on any atom is 0.330 e. The quantitative estimate of drug-likeness (QED) is 0.766. The van der Waals surface area contributed by atoms with Gasteiger partial charge in [-0.2, -0.15) is 5.10 Å². The van der Waals surface area contributed by atoms with Crippen LogP contribution in [-0.2, 0) is 23.1 Å². The minimum atomic E-state index is -0.956. The molecular formula is C12H14N4O3. The lowest BCUT2D eigenvalue weighted by atomic mass is 10.0. The topological polar surface area (TPSA) is 84.3 Å². The highest BCUT2D eigenvalue weighted by molar-refractivity contribution is 6.20. The highest BCUT2D eigenvalue weighted by atomic mass is 16.2. The van der Waals surface area contributed by atoms with E-state index in [1.807, 2.05) is 6.20 Å². The van der Waals surface area contributed by atoms with Gasteiger partial charge in [0, 0.05) is 19.8 Å². The van der Waals surface area contributed by atoms with E-state index in [1.54, 1.807) is 17.9 Å². The molecule has 3 rings (SSSR count). The molecule has 0 radical (unpaired) electrons. The van der Waals surface area contributed by atoms with Gasteiger partial charge in [0.05, 0.1) is 6.20 Å². The van der Waals surface area contributed by atoms with Crippen molar-refractivity contribution in [3.63, 3.8) is 0 Å². The average molecular weight is 262 g/mol. The van der Waals surface area contributed by atoms with Gasteiger partial charge >= 0.3 is 6.03 Å². The van der Waals surface area contributed by atoms with Crippen molar-refractivity contribution in [1.82, 2.24) is 20.0 Å². The Labute approximate surface area is 109 Å². The van der Waals surface area contributed by atoms with Gasteiger partial charge in [-0.05, 0) is 24.8 Å². The summed E-state index contributed by atoms with van der Waals surface area (Å²) in [5.41, 5.74) is -0.00658. The summed E-state index contributed by atoms with van der Waals surface area (Å²) in [5.74, 6) is -0.801. The maximum atomic E-state index is 12.2. The summed E-state index contributed by atoms with van der Waals surface area (Å²) in [6, 6.07) is -0.614. The van der Waals surface area contributed by atoms with Crippen LogP contribution in [-0.4, -0.2) is 39.1 Å². The maximum absolute atomic E-state index is 12.2. The van der Waals surface area contributed by atoms with Crippen LogP contribution in [0.2, 0.25) is 0 Å². The number of amides is 4. The third kappa shape index (κ3) is 1.81. The second-order valence-corrected chi connectivity index (χ2v) is 5.07. The molecule has 4 amide bonds. The van der Waals surface area contributed by atoms with Gasteiger partial charge in [0.2, 0.25) is 11.8 Å². The third-order valence-electron chi connectivity index (χ3n) is 3.69. The number of nitrogens with one attached hydrogen (secondary N) is 1. The Morgan fingerprint density at radius 1 is 1.37 bits per heavy atom.